The third-order valence-electron chi connectivity index (χ3n) is 5.46. The summed E-state index contributed by atoms with van der Waals surface area (Å²) in [5.41, 5.74) is 11.6. The van der Waals surface area contributed by atoms with Gasteiger partial charge in [-0.15, -0.1) is 0 Å². The lowest BCUT2D eigenvalue weighted by Gasteiger charge is -2.19. The van der Waals surface area contributed by atoms with Crippen molar-refractivity contribution < 1.29 is 4.79 Å². The van der Waals surface area contributed by atoms with Crippen LogP contribution in [0.25, 0.3) is 33.3 Å². The van der Waals surface area contributed by atoms with Crippen LogP contribution in [0.5, 0.6) is 0 Å². The average molecular weight is 422 g/mol. The van der Waals surface area contributed by atoms with Crippen LogP contribution in [0.15, 0.2) is 61.2 Å². The summed E-state index contributed by atoms with van der Waals surface area (Å²) >= 11 is 0. The molecule has 158 valence electrons. The zero-order valence-corrected chi connectivity index (χ0v) is 17.8. The lowest BCUT2D eigenvalue weighted by molar-refractivity contribution is -0.118. The number of fused-ring (bicyclic) bond motifs is 1. The Bertz CT molecular complexity index is 1340. The number of amides is 1. The van der Waals surface area contributed by atoms with E-state index in [1.54, 1.807) is 24.7 Å². The van der Waals surface area contributed by atoms with Crippen molar-refractivity contribution in [2.75, 3.05) is 5.32 Å². The van der Waals surface area contributed by atoms with Crippen LogP contribution in [0.3, 0.4) is 0 Å². The molecule has 0 unspecified atom stereocenters. The predicted octanol–water partition coefficient (Wildman–Crippen LogP) is 4.21. The van der Waals surface area contributed by atoms with Gasteiger partial charge in [0.2, 0.25) is 5.91 Å². The lowest BCUT2D eigenvalue weighted by atomic mass is 9.97. The van der Waals surface area contributed by atoms with Gasteiger partial charge in [-0.05, 0) is 42.2 Å². The van der Waals surface area contributed by atoms with Gasteiger partial charge in [-0.3, -0.25) is 14.8 Å². The molecule has 0 aliphatic rings. The fourth-order valence-electron chi connectivity index (χ4n) is 3.74. The third-order valence-corrected chi connectivity index (χ3v) is 5.46. The number of nitrogens with one attached hydrogen (secondary N) is 1. The molecule has 0 aliphatic heterocycles. The highest BCUT2D eigenvalue weighted by atomic mass is 16.1. The number of aryl methyl sites for hydroxylation is 1. The molecule has 4 rings (SSSR count). The van der Waals surface area contributed by atoms with Crippen LogP contribution in [0.1, 0.15) is 24.5 Å². The van der Waals surface area contributed by atoms with Gasteiger partial charge >= 0.3 is 0 Å². The predicted molar refractivity (Wildman–Crippen MR) is 125 cm³/mol. The number of rotatable bonds is 6. The first kappa shape index (κ1) is 20.9. The first-order chi connectivity index (χ1) is 15.5. The molecule has 1 aromatic carbocycles. The Morgan fingerprint density at radius 1 is 1.09 bits per heavy atom. The topological polar surface area (TPSA) is 118 Å². The number of hydrogen-bond acceptors (Lipinski definition) is 6. The maximum absolute atomic E-state index is 11.9. The van der Waals surface area contributed by atoms with E-state index in [1.807, 2.05) is 50.4 Å². The van der Waals surface area contributed by atoms with Gasteiger partial charge in [0, 0.05) is 29.5 Å². The van der Waals surface area contributed by atoms with E-state index in [0.717, 1.165) is 22.3 Å². The summed E-state index contributed by atoms with van der Waals surface area (Å²) in [4.78, 5) is 24.9. The van der Waals surface area contributed by atoms with Crippen molar-refractivity contribution in [3.63, 3.8) is 0 Å². The van der Waals surface area contributed by atoms with Crippen molar-refractivity contribution in [3.8, 4) is 28.5 Å². The molecule has 7 heteroatoms. The highest BCUT2D eigenvalue weighted by Gasteiger charge is 2.21. The van der Waals surface area contributed by atoms with Crippen molar-refractivity contribution >= 4 is 22.5 Å². The molecule has 32 heavy (non-hydrogen) atoms. The van der Waals surface area contributed by atoms with Crippen molar-refractivity contribution in [2.45, 2.75) is 26.3 Å². The number of carbonyl (C=O) groups is 1. The molecule has 1 atom stereocenters. The van der Waals surface area contributed by atoms with Crippen LogP contribution >= 0.6 is 0 Å². The lowest BCUT2D eigenvalue weighted by Crippen LogP contribution is -2.35. The van der Waals surface area contributed by atoms with Crippen molar-refractivity contribution in [2.24, 2.45) is 5.73 Å². The first-order valence-corrected chi connectivity index (χ1v) is 10.3. The number of nitriles is 1. The molecule has 7 nitrogen and oxygen atoms in total. The zero-order chi connectivity index (χ0) is 22.7. The normalized spacial score (nSPS) is 11.7. The van der Waals surface area contributed by atoms with Crippen LogP contribution in [-0.4, -0.2) is 26.9 Å². The maximum Gasteiger partial charge on any atom is 0.239 e. The molecular weight excluding hydrogens is 400 g/mol. The number of carbonyl (C=O) groups excluding carboxylic acids is 1. The van der Waals surface area contributed by atoms with E-state index in [4.69, 9.17) is 10.7 Å². The van der Waals surface area contributed by atoms with Crippen molar-refractivity contribution in [3.05, 3.63) is 72.3 Å². The molecular formula is C25H22N6O. The summed E-state index contributed by atoms with van der Waals surface area (Å²) in [6, 6.07) is 13.3. The number of nitrogens with zero attached hydrogens (tertiary/aromatic N) is 4. The molecule has 3 N–H and O–H groups in total. The Labute approximate surface area is 186 Å². The van der Waals surface area contributed by atoms with Crippen LogP contribution in [-0.2, 0) is 4.79 Å². The molecule has 3 heterocycles. The Morgan fingerprint density at radius 2 is 1.78 bits per heavy atom. The minimum Gasteiger partial charge on any atom is -0.372 e. The van der Waals surface area contributed by atoms with Gasteiger partial charge in [0.15, 0.2) is 0 Å². The van der Waals surface area contributed by atoms with Gasteiger partial charge in [-0.25, -0.2) is 4.98 Å². The summed E-state index contributed by atoms with van der Waals surface area (Å²) in [6.45, 7) is 3.88. The maximum atomic E-state index is 11.9. The van der Waals surface area contributed by atoms with E-state index in [9.17, 15) is 10.1 Å². The number of benzene rings is 1. The van der Waals surface area contributed by atoms with Crippen LogP contribution < -0.4 is 11.1 Å². The molecule has 4 aromatic rings. The molecule has 0 radical (unpaired) electrons. The second-order valence-corrected chi connectivity index (χ2v) is 7.49. The van der Waals surface area contributed by atoms with Gasteiger partial charge in [-0.1, -0.05) is 31.2 Å². The molecule has 0 spiro atoms. The molecule has 0 bridgehead atoms. The number of primary amides is 1. The first-order valence-electron chi connectivity index (χ1n) is 10.3. The quantitative estimate of drug-likeness (QED) is 0.480. The Morgan fingerprint density at radius 3 is 2.44 bits per heavy atom. The van der Waals surface area contributed by atoms with E-state index < -0.39 is 11.9 Å². The highest BCUT2D eigenvalue weighted by Crippen LogP contribution is 2.35. The summed E-state index contributed by atoms with van der Waals surface area (Å²) in [5.74, 6) is -0.478. The Balaban J connectivity index is 1.87. The highest BCUT2D eigenvalue weighted by molar-refractivity contribution is 5.99. The van der Waals surface area contributed by atoms with Gasteiger partial charge < -0.3 is 11.1 Å². The minimum absolute atomic E-state index is 0.358. The summed E-state index contributed by atoms with van der Waals surface area (Å²) in [5, 5.41) is 13.9. The Kier molecular flexibility index (Phi) is 5.77. The van der Waals surface area contributed by atoms with Crippen molar-refractivity contribution in [1.29, 1.82) is 5.26 Å². The molecule has 1 amide bonds. The van der Waals surface area contributed by atoms with Gasteiger partial charge in [-0.2, -0.15) is 5.26 Å². The fourth-order valence-corrected chi connectivity index (χ4v) is 3.74. The summed E-state index contributed by atoms with van der Waals surface area (Å²) in [7, 11) is 0. The number of aromatic nitrogens is 3. The fraction of sp³-hybridized carbons (Fsp3) is 0.160. The van der Waals surface area contributed by atoms with Gasteiger partial charge in [0.1, 0.15) is 17.7 Å². The van der Waals surface area contributed by atoms with Gasteiger partial charge in [0.05, 0.1) is 23.1 Å². The minimum atomic E-state index is -0.606. The SMILES string of the molecule is CC[C@@H](Nc1c(C#N)c(-c2ccc(-c3ccncc3C)cc2)nc2cnccc12)C(N)=O. The molecule has 0 saturated heterocycles. The molecule has 3 aromatic heterocycles. The smallest absolute Gasteiger partial charge is 0.239 e. The third kappa shape index (κ3) is 3.86. The second kappa shape index (κ2) is 8.82. The van der Waals surface area contributed by atoms with E-state index in [1.165, 1.54) is 0 Å². The van der Waals surface area contributed by atoms with Crippen LogP contribution in [0.4, 0.5) is 5.69 Å². The van der Waals surface area contributed by atoms with E-state index >= 15 is 0 Å². The van der Waals surface area contributed by atoms with E-state index in [2.05, 4.69) is 21.4 Å². The number of pyridine rings is 3. The van der Waals surface area contributed by atoms with E-state index in [0.29, 0.717) is 34.3 Å². The summed E-state index contributed by atoms with van der Waals surface area (Å²) < 4.78 is 0. The standard InChI is InChI=1S/C25H22N6O/c1-3-21(25(27)32)30-24-19-9-11-29-14-22(19)31-23(20(24)12-26)17-6-4-16(5-7-17)18-8-10-28-13-15(18)2/h4-11,13-14,21H,3H2,1-2H3,(H2,27,32)(H,30,31)/t21-/m1/s1. The van der Waals surface area contributed by atoms with Gasteiger partial charge in [0.25, 0.3) is 0 Å². The van der Waals surface area contributed by atoms with Crippen LogP contribution in [0, 0.1) is 18.3 Å². The number of hydrogen-bond donors (Lipinski definition) is 2. The molecule has 0 saturated carbocycles. The largest absolute Gasteiger partial charge is 0.372 e. The van der Waals surface area contributed by atoms with Crippen molar-refractivity contribution in [1.82, 2.24) is 15.0 Å². The van der Waals surface area contributed by atoms with Crippen LogP contribution in [0.2, 0.25) is 0 Å². The monoisotopic (exact) mass is 422 g/mol. The zero-order valence-electron chi connectivity index (χ0n) is 17.8. The molecule has 0 fully saturated rings. The average Bonchev–Trinajstić information content (AvgIpc) is 2.82. The van der Waals surface area contributed by atoms with E-state index in [-0.39, 0.29) is 0 Å². The number of nitrogens with two attached hydrogens (primary N) is 1. The second-order valence-electron chi connectivity index (χ2n) is 7.49. The summed E-state index contributed by atoms with van der Waals surface area (Å²) in [6.07, 6.45) is 7.36. The number of anilines is 1. The Hall–Kier alpha value is -4.31. The molecule has 0 aliphatic carbocycles.